The lowest BCUT2D eigenvalue weighted by molar-refractivity contribution is 0.278. The smallest absolute Gasteiger partial charge is 0.0231 e. The highest BCUT2D eigenvalue weighted by atomic mass is 79.9. The summed E-state index contributed by atoms with van der Waals surface area (Å²) in [6.45, 7) is 4.35. The van der Waals surface area contributed by atoms with Crippen molar-refractivity contribution in [1.82, 2.24) is 4.90 Å². The molecule has 1 nitrogen and oxygen atoms in total. The summed E-state index contributed by atoms with van der Waals surface area (Å²) in [4.78, 5) is 2.37. The highest BCUT2D eigenvalue weighted by molar-refractivity contribution is 9.10. The Morgan fingerprint density at radius 1 is 1.44 bits per heavy atom. The van der Waals surface area contributed by atoms with Crippen LogP contribution in [-0.2, 0) is 6.54 Å². The van der Waals surface area contributed by atoms with Crippen molar-refractivity contribution in [2.45, 2.75) is 19.9 Å². The van der Waals surface area contributed by atoms with Crippen LogP contribution in [0.1, 0.15) is 18.9 Å². The van der Waals surface area contributed by atoms with Gasteiger partial charge in [-0.15, -0.1) is 0 Å². The van der Waals surface area contributed by atoms with Crippen LogP contribution in [-0.4, -0.2) is 24.2 Å². The lowest BCUT2D eigenvalue weighted by Gasteiger charge is -2.22. The molecule has 16 heavy (non-hydrogen) atoms. The molecule has 1 atom stereocenters. The molecule has 90 valence electrons. The van der Waals surface area contributed by atoms with Gasteiger partial charge in [0.2, 0.25) is 0 Å². The van der Waals surface area contributed by atoms with E-state index in [1.165, 1.54) is 12.0 Å². The first kappa shape index (κ1) is 14.1. The summed E-state index contributed by atoms with van der Waals surface area (Å²) >= 11 is 7.88. The lowest BCUT2D eigenvalue weighted by atomic mass is 10.1. The minimum absolute atomic E-state index is 0.695. The Morgan fingerprint density at radius 3 is 2.75 bits per heavy atom. The third-order valence-corrected chi connectivity index (χ3v) is 3.76. The van der Waals surface area contributed by atoms with Crippen molar-refractivity contribution < 1.29 is 0 Å². The fourth-order valence-corrected chi connectivity index (χ4v) is 2.59. The number of rotatable bonds is 6. The fourth-order valence-electron chi connectivity index (χ4n) is 1.77. The van der Waals surface area contributed by atoms with Crippen molar-refractivity contribution >= 4 is 28.6 Å². The van der Waals surface area contributed by atoms with Crippen LogP contribution in [0.5, 0.6) is 0 Å². The number of thiol groups is 1. The maximum atomic E-state index is 4.38. The normalized spacial score (nSPS) is 13.1. The third kappa shape index (κ3) is 4.89. The molecule has 1 aromatic rings. The van der Waals surface area contributed by atoms with Crippen LogP contribution in [0, 0.1) is 5.92 Å². The van der Waals surface area contributed by atoms with E-state index in [4.69, 9.17) is 0 Å². The molecule has 0 N–H and O–H groups in total. The molecule has 0 fully saturated rings. The number of halogens is 1. The Kier molecular flexibility index (Phi) is 6.47. The molecule has 3 heteroatoms. The van der Waals surface area contributed by atoms with Gasteiger partial charge < -0.3 is 4.90 Å². The zero-order chi connectivity index (χ0) is 12.0. The van der Waals surface area contributed by atoms with Gasteiger partial charge in [-0.05, 0) is 36.4 Å². The highest BCUT2D eigenvalue weighted by Gasteiger charge is 2.08. The van der Waals surface area contributed by atoms with E-state index in [2.05, 4.69) is 71.7 Å². The van der Waals surface area contributed by atoms with Gasteiger partial charge in [0.1, 0.15) is 0 Å². The summed E-state index contributed by atoms with van der Waals surface area (Å²) < 4.78 is 1.15. The second-order valence-electron chi connectivity index (χ2n) is 4.28. The Morgan fingerprint density at radius 2 is 2.19 bits per heavy atom. The average Bonchev–Trinajstić information content (AvgIpc) is 2.26. The van der Waals surface area contributed by atoms with Gasteiger partial charge in [0, 0.05) is 17.6 Å². The van der Waals surface area contributed by atoms with Crippen LogP contribution in [0.2, 0.25) is 0 Å². The van der Waals surface area contributed by atoms with Crippen molar-refractivity contribution in [2.24, 2.45) is 5.92 Å². The molecule has 0 saturated carbocycles. The highest BCUT2D eigenvalue weighted by Crippen LogP contribution is 2.14. The average molecular weight is 302 g/mol. The van der Waals surface area contributed by atoms with E-state index in [0.717, 1.165) is 23.3 Å². The van der Waals surface area contributed by atoms with Crippen molar-refractivity contribution in [3.05, 3.63) is 34.3 Å². The van der Waals surface area contributed by atoms with Crippen LogP contribution in [0.25, 0.3) is 0 Å². The Labute approximate surface area is 113 Å². The third-order valence-electron chi connectivity index (χ3n) is 2.75. The monoisotopic (exact) mass is 301 g/mol. The summed E-state index contributed by atoms with van der Waals surface area (Å²) in [5.74, 6) is 1.67. The van der Waals surface area contributed by atoms with E-state index >= 15 is 0 Å². The summed E-state index contributed by atoms with van der Waals surface area (Å²) in [6.07, 6.45) is 1.20. The van der Waals surface area contributed by atoms with Crippen LogP contribution in [0.3, 0.4) is 0 Å². The second kappa shape index (κ2) is 7.36. The first-order valence-corrected chi connectivity index (χ1v) is 7.12. The molecular formula is C13H20BrNS. The number of nitrogens with zero attached hydrogens (tertiary/aromatic N) is 1. The van der Waals surface area contributed by atoms with Gasteiger partial charge in [-0.2, -0.15) is 12.6 Å². The molecular weight excluding hydrogens is 282 g/mol. The second-order valence-corrected chi connectivity index (χ2v) is 5.56. The van der Waals surface area contributed by atoms with Crippen molar-refractivity contribution in [1.29, 1.82) is 0 Å². The molecule has 1 aromatic carbocycles. The van der Waals surface area contributed by atoms with Gasteiger partial charge in [-0.3, -0.25) is 0 Å². The number of hydrogen-bond donors (Lipinski definition) is 1. The lowest BCUT2D eigenvalue weighted by Crippen LogP contribution is -2.26. The Bertz CT molecular complexity index is 313. The Hall–Kier alpha value is 0.01000. The number of hydrogen-bond acceptors (Lipinski definition) is 2. The molecule has 0 spiro atoms. The fraction of sp³-hybridized carbons (Fsp3) is 0.538. The van der Waals surface area contributed by atoms with Crippen molar-refractivity contribution in [2.75, 3.05) is 19.3 Å². The zero-order valence-electron chi connectivity index (χ0n) is 9.99. The van der Waals surface area contributed by atoms with E-state index in [9.17, 15) is 0 Å². The topological polar surface area (TPSA) is 3.24 Å². The molecule has 0 radical (unpaired) electrons. The van der Waals surface area contributed by atoms with Crippen LogP contribution >= 0.6 is 28.6 Å². The van der Waals surface area contributed by atoms with Gasteiger partial charge in [0.25, 0.3) is 0 Å². The molecule has 0 bridgehead atoms. The van der Waals surface area contributed by atoms with E-state index in [0.29, 0.717) is 5.92 Å². The van der Waals surface area contributed by atoms with E-state index in [1.54, 1.807) is 0 Å². The van der Waals surface area contributed by atoms with Crippen LogP contribution < -0.4 is 0 Å². The summed E-state index contributed by atoms with van der Waals surface area (Å²) in [7, 11) is 2.17. The largest absolute Gasteiger partial charge is 0.302 e. The quantitative estimate of drug-likeness (QED) is 0.782. The van der Waals surface area contributed by atoms with E-state index in [1.807, 2.05) is 0 Å². The molecule has 0 aromatic heterocycles. The molecule has 0 aliphatic carbocycles. The van der Waals surface area contributed by atoms with Crippen LogP contribution in [0.15, 0.2) is 28.7 Å². The minimum atomic E-state index is 0.695. The molecule has 1 unspecified atom stereocenters. The van der Waals surface area contributed by atoms with Crippen LogP contribution in [0.4, 0.5) is 0 Å². The first-order chi connectivity index (χ1) is 7.65. The van der Waals surface area contributed by atoms with Gasteiger partial charge >= 0.3 is 0 Å². The molecule has 0 amide bonds. The minimum Gasteiger partial charge on any atom is -0.302 e. The van der Waals surface area contributed by atoms with Gasteiger partial charge in [-0.25, -0.2) is 0 Å². The summed E-state index contributed by atoms with van der Waals surface area (Å²) in [6, 6.07) is 8.50. The first-order valence-electron chi connectivity index (χ1n) is 5.69. The van der Waals surface area contributed by atoms with Gasteiger partial charge in [-0.1, -0.05) is 41.4 Å². The summed E-state index contributed by atoms with van der Waals surface area (Å²) in [5.41, 5.74) is 1.35. The zero-order valence-corrected chi connectivity index (χ0v) is 12.5. The maximum absolute atomic E-state index is 4.38. The Balaban J connectivity index is 2.47. The molecule has 0 saturated heterocycles. The molecule has 0 aliphatic rings. The summed E-state index contributed by atoms with van der Waals surface area (Å²) in [5, 5.41) is 0. The van der Waals surface area contributed by atoms with Gasteiger partial charge in [0.15, 0.2) is 0 Å². The molecule has 0 aliphatic heterocycles. The molecule has 0 heterocycles. The maximum Gasteiger partial charge on any atom is 0.0231 e. The number of benzene rings is 1. The van der Waals surface area contributed by atoms with Crippen molar-refractivity contribution in [3.63, 3.8) is 0 Å². The predicted octanol–water partition coefficient (Wildman–Crippen LogP) is 3.84. The van der Waals surface area contributed by atoms with Crippen molar-refractivity contribution in [3.8, 4) is 0 Å². The van der Waals surface area contributed by atoms with Gasteiger partial charge in [0.05, 0.1) is 0 Å². The standard InChI is InChI=1S/C13H20BrNS/c1-3-11(10-16)8-15(2)9-12-5-4-6-13(14)7-12/h4-7,11,16H,3,8-10H2,1-2H3. The predicted molar refractivity (Wildman–Crippen MR) is 78.1 cm³/mol. The SMILES string of the molecule is CCC(CS)CN(C)Cc1cccc(Br)c1. The molecule has 1 rings (SSSR count). The van der Waals surface area contributed by atoms with E-state index < -0.39 is 0 Å². The van der Waals surface area contributed by atoms with E-state index in [-0.39, 0.29) is 0 Å².